The normalized spacial score (nSPS) is 18.4. The third-order valence-corrected chi connectivity index (χ3v) is 5.47. The van der Waals surface area contributed by atoms with Crippen molar-refractivity contribution >= 4 is 27.3 Å². The van der Waals surface area contributed by atoms with E-state index in [2.05, 4.69) is 0 Å². The molecule has 1 aliphatic heterocycles. The Morgan fingerprint density at radius 3 is 2.85 bits per heavy atom. The van der Waals surface area contributed by atoms with Crippen LogP contribution in [0.25, 0.3) is 6.08 Å². The molecule has 0 atom stereocenters. The summed E-state index contributed by atoms with van der Waals surface area (Å²) in [6.45, 7) is 1.99. The zero-order chi connectivity index (χ0) is 9.47. The molecule has 0 radical (unpaired) electrons. The minimum Gasteiger partial charge on any atom is -0.218 e. The van der Waals surface area contributed by atoms with Gasteiger partial charge in [0.15, 0.2) is 0 Å². The molecule has 0 bridgehead atoms. The number of fused-ring (bicyclic) bond motifs is 1. The highest BCUT2D eigenvalue weighted by Crippen LogP contribution is 2.38. The number of hydrogen-bond donors (Lipinski definition) is 0. The summed E-state index contributed by atoms with van der Waals surface area (Å²) in [5, 5.41) is 1.82. The maximum absolute atomic E-state index is 11.8. The van der Waals surface area contributed by atoms with E-state index < -0.39 is 9.84 Å². The van der Waals surface area contributed by atoms with E-state index in [1.807, 2.05) is 18.4 Å². The summed E-state index contributed by atoms with van der Waals surface area (Å²) in [4.78, 5) is 0.580. The van der Waals surface area contributed by atoms with E-state index in [9.17, 15) is 8.42 Å². The van der Waals surface area contributed by atoms with E-state index in [-0.39, 0.29) is 0 Å². The van der Waals surface area contributed by atoms with Crippen molar-refractivity contribution in [1.29, 1.82) is 0 Å². The van der Waals surface area contributed by atoms with Gasteiger partial charge in [-0.3, -0.25) is 0 Å². The molecule has 0 aliphatic carbocycles. The summed E-state index contributed by atoms with van der Waals surface area (Å²) in [5.74, 6) is 0. The average molecular weight is 214 g/mol. The fraction of sp³-hybridized carbons (Fsp3) is 0.333. The minimum absolute atomic E-state index is 0.524. The van der Waals surface area contributed by atoms with E-state index in [0.29, 0.717) is 15.5 Å². The van der Waals surface area contributed by atoms with Gasteiger partial charge in [0.2, 0.25) is 9.84 Å². The lowest BCUT2D eigenvalue weighted by Crippen LogP contribution is -1.97. The first-order valence-electron chi connectivity index (χ1n) is 4.19. The highest BCUT2D eigenvalue weighted by molar-refractivity contribution is 7.97. The molecular formula is C9H10O2S2. The summed E-state index contributed by atoms with van der Waals surface area (Å²) in [6.07, 6.45) is 3.33. The first-order chi connectivity index (χ1) is 6.16. The lowest BCUT2D eigenvalue weighted by atomic mass is 10.2. The number of allylic oxidation sites excluding steroid dienone is 1. The predicted octanol–water partition coefficient (Wildman–Crippen LogP) is 2.68. The molecule has 0 saturated heterocycles. The van der Waals surface area contributed by atoms with Crippen LogP contribution in [0.2, 0.25) is 0 Å². The first kappa shape index (κ1) is 8.97. The average Bonchev–Trinajstić information content (AvgIpc) is 2.58. The molecule has 0 saturated carbocycles. The second kappa shape index (κ2) is 2.96. The van der Waals surface area contributed by atoms with Gasteiger partial charge >= 0.3 is 0 Å². The van der Waals surface area contributed by atoms with Crippen molar-refractivity contribution in [2.45, 2.75) is 24.0 Å². The Bertz CT molecular complexity index is 452. The molecule has 1 aliphatic rings. The molecule has 2 rings (SSSR count). The fourth-order valence-electron chi connectivity index (χ4n) is 1.45. The van der Waals surface area contributed by atoms with Gasteiger partial charge < -0.3 is 0 Å². The Morgan fingerprint density at radius 2 is 2.23 bits per heavy atom. The van der Waals surface area contributed by atoms with Gasteiger partial charge in [-0.1, -0.05) is 13.3 Å². The van der Waals surface area contributed by atoms with Crippen LogP contribution in [0.5, 0.6) is 0 Å². The number of thiophene rings is 1. The quantitative estimate of drug-likeness (QED) is 0.758. The summed E-state index contributed by atoms with van der Waals surface area (Å²) in [7, 11) is -3.09. The lowest BCUT2D eigenvalue weighted by molar-refractivity contribution is 0.603. The van der Waals surface area contributed by atoms with Crippen molar-refractivity contribution in [1.82, 2.24) is 0 Å². The third kappa shape index (κ3) is 1.25. The molecule has 13 heavy (non-hydrogen) atoms. The van der Waals surface area contributed by atoms with Gasteiger partial charge in [0.25, 0.3) is 0 Å². The molecule has 0 amide bonds. The molecule has 0 unspecified atom stereocenters. The van der Waals surface area contributed by atoms with Crippen LogP contribution in [0.4, 0.5) is 0 Å². The predicted molar refractivity (Wildman–Crippen MR) is 54.4 cm³/mol. The van der Waals surface area contributed by atoms with Crippen molar-refractivity contribution in [3.05, 3.63) is 21.9 Å². The van der Waals surface area contributed by atoms with Gasteiger partial charge in [-0.25, -0.2) is 8.42 Å². The van der Waals surface area contributed by atoms with Gasteiger partial charge in [0.1, 0.15) is 4.21 Å². The molecular weight excluding hydrogens is 204 g/mol. The molecule has 0 aromatic carbocycles. The highest BCUT2D eigenvalue weighted by Gasteiger charge is 2.29. The maximum atomic E-state index is 11.8. The second-order valence-electron chi connectivity index (χ2n) is 3.03. The summed E-state index contributed by atoms with van der Waals surface area (Å²) < 4.78 is 24.1. The van der Waals surface area contributed by atoms with Crippen molar-refractivity contribution in [3.63, 3.8) is 0 Å². The standard InChI is InChI=1S/C9H10O2S2/c1-2-3-8-6-7-4-5-12-9(7)13(8,10)11/h4-6H,2-3H2,1H3. The molecule has 0 N–H and O–H groups in total. The summed E-state index contributed by atoms with van der Waals surface area (Å²) in [5.41, 5.74) is 0.869. The van der Waals surface area contributed by atoms with Gasteiger partial charge in [-0.15, -0.1) is 11.3 Å². The topological polar surface area (TPSA) is 34.1 Å². The molecule has 2 heterocycles. The van der Waals surface area contributed by atoms with E-state index >= 15 is 0 Å². The zero-order valence-electron chi connectivity index (χ0n) is 7.28. The number of sulfone groups is 1. The largest absolute Gasteiger partial charge is 0.218 e. The van der Waals surface area contributed by atoms with Crippen LogP contribution >= 0.6 is 11.3 Å². The Labute approximate surface area is 81.8 Å². The van der Waals surface area contributed by atoms with Crippen LogP contribution in [0.15, 0.2) is 20.6 Å². The third-order valence-electron chi connectivity index (χ3n) is 2.06. The van der Waals surface area contributed by atoms with Gasteiger partial charge in [-0.05, 0) is 23.9 Å². The van der Waals surface area contributed by atoms with Gasteiger partial charge in [0, 0.05) is 5.56 Å². The maximum Gasteiger partial charge on any atom is 0.212 e. The minimum atomic E-state index is -3.09. The number of rotatable bonds is 2. The molecule has 1 aromatic rings. The lowest BCUT2D eigenvalue weighted by Gasteiger charge is -1.98. The zero-order valence-corrected chi connectivity index (χ0v) is 8.91. The van der Waals surface area contributed by atoms with E-state index in [4.69, 9.17) is 0 Å². The molecule has 70 valence electrons. The summed E-state index contributed by atoms with van der Waals surface area (Å²) in [6, 6.07) is 1.86. The molecule has 4 heteroatoms. The first-order valence-corrected chi connectivity index (χ1v) is 6.55. The Hall–Kier alpha value is -0.610. The van der Waals surface area contributed by atoms with Crippen molar-refractivity contribution < 1.29 is 8.42 Å². The van der Waals surface area contributed by atoms with Crippen LogP contribution in [0.3, 0.4) is 0 Å². The van der Waals surface area contributed by atoms with Crippen molar-refractivity contribution in [2.24, 2.45) is 0 Å². The molecule has 1 aromatic heterocycles. The van der Waals surface area contributed by atoms with Crippen LogP contribution in [-0.2, 0) is 9.84 Å². The van der Waals surface area contributed by atoms with Crippen molar-refractivity contribution in [2.75, 3.05) is 0 Å². The molecule has 2 nitrogen and oxygen atoms in total. The van der Waals surface area contributed by atoms with Crippen LogP contribution in [0, 0.1) is 0 Å². The highest BCUT2D eigenvalue weighted by atomic mass is 32.2. The van der Waals surface area contributed by atoms with Crippen LogP contribution in [0.1, 0.15) is 25.3 Å². The van der Waals surface area contributed by atoms with Crippen LogP contribution in [-0.4, -0.2) is 8.42 Å². The monoisotopic (exact) mass is 214 g/mol. The number of hydrogen-bond acceptors (Lipinski definition) is 3. The second-order valence-corrected chi connectivity index (χ2v) is 6.14. The molecule has 0 spiro atoms. The van der Waals surface area contributed by atoms with Crippen molar-refractivity contribution in [3.8, 4) is 0 Å². The summed E-state index contributed by atoms with van der Waals surface area (Å²) >= 11 is 1.31. The SMILES string of the molecule is CCCC1=Cc2ccsc2S1(=O)=O. The fourth-order valence-corrected chi connectivity index (χ4v) is 4.48. The van der Waals surface area contributed by atoms with Crippen LogP contribution < -0.4 is 0 Å². The Morgan fingerprint density at radius 1 is 1.46 bits per heavy atom. The Kier molecular flexibility index (Phi) is 2.04. The Balaban J connectivity index is 2.54. The van der Waals surface area contributed by atoms with E-state index in [1.165, 1.54) is 11.3 Å². The van der Waals surface area contributed by atoms with E-state index in [1.54, 1.807) is 6.08 Å². The van der Waals surface area contributed by atoms with E-state index in [0.717, 1.165) is 12.0 Å². The van der Waals surface area contributed by atoms with Gasteiger partial charge in [0.05, 0.1) is 4.91 Å². The molecule has 0 fully saturated rings. The smallest absolute Gasteiger partial charge is 0.212 e. The van der Waals surface area contributed by atoms with Gasteiger partial charge in [-0.2, -0.15) is 0 Å².